The molecule has 0 aromatic heterocycles. The minimum Gasteiger partial charge on any atom is -0.472 e. The third-order valence-corrected chi connectivity index (χ3v) is 5.54. The van der Waals surface area contributed by atoms with Gasteiger partial charge in [0.05, 0.1) is 0 Å². The van der Waals surface area contributed by atoms with Crippen LogP contribution in [0, 0.1) is 5.82 Å². The van der Waals surface area contributed by atoms with Gasteiger partial charge >= 0.3 is 0 Å². The molecule has 1 aromatic rings. The molecule has 114 valence electrons. The first-order valence-electron chi connectivity index (χ1n) is 8.54. The summed E-state index contributed by atoms with van der Waals surface area (Å²) in [5.41, 5.74) is 1.03. The van der Waals surface area contributed by atoms with E-state index in [1.54, 1.807) is 6.07 Å². The second-order valence-corrected chi connectivity index (χ2v) is 6.81. The highest BCUT2D eigenvalue weighted by atomic mass is 19.1. The van der Waals surface area contributed by atoms with Gasteiger partial charge in [-0.05, 0) is 43.7 Å². The lowest BCUT2D eigenvalue weighted by atomic mass is 9.89. The fourth-order valence-corrected chi connectivity index (χ4v) is 4.22. The number of nitrogens with zero attached hydrogens (tertiary/aromatic N) is 1. The Hall–Kier alpha value is -1.09. The van der Waals surface area contributed by atoms with Crippen molar-refractivity contribution in [3.8, 4) is 5.75 Å². The van der Waals surface area contributed by atoms with Crippen LogP contribution in [0.5, 0.6) is 5.75 Å². The van der Waals surface area contributed by atoms with Crippen molar-refractivity contribution in [2.45, 2.75) is 76.1 Å². The number of rotatable bonds is 3. The number of fused-ring (bicyclic) bond motifs is 1. The monoisotopic (exact) mass is 289 g/mol. The number of hydrogen-bond acceptors (Lipinski definition) is 2. The van der Waals surface area contributed by atoms with Crippen LogP contribution in [0.3, 0.4) is 0 Å². The first-order chi connectivity index (χ1) is 10.3. The maximum Gasteiger partial charge on any atom is 0.165 e. The van der Waals surface area contributed by atoms with Crippen LogP contribution >= 0.6 is 0 Å². The molecule has 0 N–H and O–H groups in total. The van der Waals surface area contributed by atoms with Crippen LogP contribution in [0.25, 0.3) is 0 Å². The number of ether oxygens (including phenoxy) is 1. The summed E-state index contributed by atoms with van der Waals surface area (Å²) in [5.74, 6) is 0.313. The average Bonchev–Trinajstić information content (AvgIpc) is 2.96. The molecule has 2 nitrogen and oxygen atoms in total. The molecular weight excluding hydrogens is 265 g/mol. The molecule has 0 radical (unpaired) electrons. The molecule has 1 aliphatic heterocycles. The molecule has 4 rings (SSSR count). The van der Waals surface area contributed by atoms with E-state index in [9.17, 15) is 4.39 Å². The number of para-hydroxylation sites is 1. The Morgan fingerprint density at radius 2 is 1.67 bits per heavy atom. The van der Waals surface area contributed by atoms with Gasteiger partial charge in [-0.3, -0.25) is 4.90 Å². The zero-order valence-electron chi connectivity index (χ0n) is 12.6. The van der Waals surface area contributed by atoms with Crippen molar-refractivity contribution in [1.82, 2.24) is 4.90 Å². The molecule has 3 heteroatoms. The summed E-state index contributed by atoms with van der Waals surface area (Å²) in [6.45, 7) is 0. The maximum absolute atomic E-state index is 14.0. The summed E-state index contributed by atoms with van der Waals surface area (Å²) in [7, 11) is 0. The summed E-state index contributed by atoms with van der Waals surface area (Å²) in [6, 6.07) is 6.64. The quantitative estimate of drug-likeness (QED) is 0.823. The Morgan fingerprint density at radius 1 is 0.952 bits per heavy atom. The van der Waals surface area contributed by atoms with E-state index in [1.165, 1.54) is 51.0 Å². The summed E-state index contributed by atoms with van der Waals surface area (Å²) in [4.78, 5) is 2.62. The van der Waals surface area contributed by atoms with Gasteiger partial charge in [0.25, 0.3) is 0 Å². The van der Waals surface area contributed by atoms with Gasteiger partial charge in [0, 0.05) is 18.5 Å². The van der Waals surface area contributed by atoms with Gasteiger partial charge in [-0.15, -0.1) is 0 Å². The van der Waals surface area contributed by atoms with Crippen LogP contribution < -0.4 is 4.74 Å². The Bertz CT molecular complexity index is 508. The second-order valence-electron chi connectivity index (χ2n) is 6.81. The third kappa shape index (κ3) is 2.46. The fourth-order valence-electron chi connectivity index (χ4n) is 4.22. The van der Waals surface area contributed by atoms with Crippen LogP contribution in [0.15, 0.2) is 18.2 Å². The highest BCUT2D eigenvalue weighted by Gasteiger charge is 2.39. The minimum atomic E-state index is -0.197. The van der Waals surface area contributed by atoms with Crippen molar-refractivity contribution in [3.63, 3.8) is 0 Å². The molecule has 0 spiro atoms. The molecular formula is C18H24FNO. The lowest BCUT2D eigenvalue weighted by Gasteiger charge is -2.47. The van der Waals surface area contributed by atoms with E-state index in [4.69, 9.17) is 4.74 Å². The molecule has 2 aliphatic carbocycles. The van der Waals surface area contributed by atoms with Crippen molar-refractivity contribution in [1.29, 1.82) is 0 Å². The SMILES string of the molecule is Fc1cccc2c1OC(N(C1CCCC1)C1CCC1)CC2. The number of benzene rings is 1. The lowest BCUT2D eigenvalue weighted by molar-refractivity contribution is -0.0683. The Balaban J connectivity index is 1.57. The van der Waals surface area contributed by atoms with Gasteiger partial charge in [0.2, 0.25) is 0 Å². The number of aryl methyl sites for hydroxylation is 1. The molecule has 2 fully saturated rings. The smallest absolute Gasteiger partial charge is 0.165 e. The molecule has 3 aliphatic rings. The van der Waals surface area contributed by atoms with Crippen molar-refractivity contribution in [3.05, 3.63) is 29.6 Å². The summed E-state index contributed by atoms with van der Waals surface area (Å²) in [6.07, 6.45) is 11.2. The predicted molar refractivity (Wildman–Crippen MR) is 80.9 cm³/mol. The highest BCUT2D eigenvalue weighted by molar-refractivity contribution is 5.36. The summed E-state index contributed by atoms with van der Waals surface area (Å²) in [5, 5.41) is 0. The molecule has 0 amide bonds. The number of halogens is 1. The first kappa shape index (κ1) is 13.6. The molecule has 1 atom stereocenters. The van der Waals surface area contributed by atoms with E-state index in [0.717, 1.165) is 18.4 Å². The van der Waals surface area contributed by atoms with Gasteiger partial charge in [-0.2, -0.15) is 0 Å². The van der Waals surface area contributed by atoms with Crippen LogP contribution in [0.2, 0.25) is 0 Å². The van der Waals surface area contributed by atoms with E-state index < -0.39 is 0 Å². The van der Waals surface area contributed by atoms with Crippen molar-refractivity contribution in [2.24, 2.45) is 0 Å². The minimum absolute atomic E-state index is 0.0859. The van der Waals surface area contributed by atoms with Gasteiger partial charge in [0.1, 0.15) is 0 Å². The summed E-state index contributed by atoms with van der Waals surface area (Å²) < 4.78 is 20.2. The first-order valence-corrected chi connectivity index (χ1v) is 8.54. The zero-order valence-corrected chi connectivity index (χ0v) is 12.6. The number of hydrogen-bond donors (Lipinski definition) is 0. The second kappa shape index (κ2) is 5.60. The molecule has 1 unspecified atom stereocenters. The van der Waals surface area contributed by atoms with Gasteiger partial charge in [-0.1, -0.05) is 31.4 Å². The average molecular weight is 289 g/mol. The van der Waals surface area contributed by atoms with Crippen LogP contribution in [0.1, 0.15) is 56.9 Å². The zero-order chi connectivity index (χ0) is 14.2. The fraction of sp³-hybridized carbons (Fsp3) is 0.667. The molecule has 2 saturated carbocycles. The van der Waals surface area contributed by atoms with Crippen molar-refractivity contribution >= 4 is 0 Å². The van der Waals surface area contributed by atoms with Crippen LogP contribution in [-0.4, -0.2) is 23.2 Å². The third-order valence-electron chi connectivity index (χ3n) is 5.54. The Kier molecular flexibility index (Phi) is 3.62. The van der Waals surface area contributed by atoms with Crippen LogP contribution in [0.4, 0.5) is 4.39 Å². The summed E-state index contributed by atoms with van der Waals surface area (Å²) >= 11 is 0. The lowest BCUT2D eigenvalue weighted by Crippen LogP contribution is -2.54. The predicted octanol–water partition coefficient (Wildman–Crippen LogP) is 4.27. The van der Waals surface area contributed by atoms with Gasteiger partial charge in [-0.25, -0.2) is 4.39 Å². The Morgan fingerprint density at radius 3 is 2.33 bits per heavy atom. The topological polar surface area (TPSA) is 12.5 Å². The standard InChI is InChI=1S/C18H24FNO/c19-16-10-3-5-13-11-12-17(21-18(13)16)20(15-8-4-9-15)14-6-1-2-7-14/h3,5,10,14-15,17H,1-2,4,6-9,11-12H2. The van der Waals surface area contributed by atoms with Crippen molar-refractivity contribution in [2.75, 3.05) is 0 Å². The molecule has 0 saturated heterocycles. The van der Waals surface area contributed by atoms with Gasteiger partial charge < -0.3 is 4.74 Å². The molecule has 1 aromatic carbocycles. The Labute approximate surface area is 126 Å². The van der Waals surface area contributed by atoms with E-state index in [-0.39, 0.29) is 12.0 Å². The highest BCUT2D eigenvalue weighted by Crippen LogP contribution is 2.39. The van der Waals surface area contributed by atoms with E-state index in [1.807, 2.05) is 6.07 Å². The maximum atomic E-state index is 14.0. The van der Waals surface area contributed by atoms with E-state index in [2.05, 4.69) is 4.90 Å². The van der Waals surface area contributed by atoms with Crippen molar-refractivity contribution < 1.29 is 9.13 Å². The van der Waals surface area contributed by atoms with Gasteiger partial charge in [0.15, 0.2) is 17.8 Å². The molecule has 21 heavy (non-hydrogen) atoms. The normalized spacial score (nSPS) is 26.5. The molecule has 1 heterocycles. The largest absolute Gasteiger partial charge is 0.472 e. The van der Waals surface area contributed by atoms with E-state index >= 15 is 0 Å². The molecule has 0 bridgehead atoms. The van der Waals surface area contributed by atoms with Crippen LogP contribution in [-0.2, 0) is 6.42 Å². The van der Waals surface area contributed by atoms with E-state index in [0.29, 0.717) is 17.8 Å².